The molecular formula is C27H29N5O3. The van der Waals surface area contributed by atoms with Crippen molar-refractivity contribution < 1.29 is 13.9 Å². The van der Waals surface area contributed by atoms with Crippen LogP contribution in [0.25, 0.3) is 22.3 Å². The molecule has 1 aromatic carbocycles. The molecule has 8 nitrogen and oxygen atoms in total. The predicted octanol–water partition coefficient (Wildman–Crippen LogP) is 3.68. The number of fused-ring (bicyclic) bond motifs is 1. The normalized spacial score (nSPS) is 19.0. The Kier molecular flexibility index (Phi) is 6.06. The quantitative estimate of drug-likeness (QED) is 0.427. The van der Waals surface area contributed by atoms with Gasteiger partial charge in [0.2, 0.25) is 0 Å². The number of carbonyl (C=O) groups excluding carboxylic acids is 1. The molecule has 1 atom stereocenters. The van der Waals surface area contributed by atoms with Gasteiger partial charge in [0.05, 0.1) is 35.2 Å². The summed E-state index contributed by atoms with van der Waals surface area (Å²) in [5.74, 6) is 0.820. The molecule has 2 aliphatic heterocycles. The van der Waals surface area contributed by atoms with Crippen LogP contribution in [0.2, 0.25) is 0 Å². The van der Waals surface area contributed by atoms with Gasteiger partial charge in [0.15, 0.2) is 5.65 Å². The summed E-state index contributed by atoms with van der Waals surface area (Å²) in [5.41, 5.74) is 3.06. The lowest BCUT2D eigenvalue weighted by atomic mass is 10.1. The van der Waals surface area contributed by atoms with E-state index in [1.54, 1.807) is 17.1 Å². The molecule has 35 heavy (non-hydrogen) atoms. The molecule has 5 heterocycles. The molecule has 1 amide bonds. The van der Waals surface area contributed by atoms with Gasteiger partial charge in [-0.15, -0.1) is 0 Å². The summed E-state index contributed by atoms with van der Waals surface area (Å²) >= 11 is 0. The maximum Gasteiger partial charge on any atom is 0.254 e. The van der Waals surface area contributed by atoms with Crippen molar-refractivity contribution in [1.82, 2.24) is 24.6 Å². The summed E-state index contributed by atoms with van der Waals surface area (Å²) in [6.07, 6.45) is 6.03. The average molecular weight is 472 g/mol. The Morgan fingerprint density at radius 3 is 2.66 bits per heavy atom. The lowest BCUT2D eigenvalue weighted by molar-refractivity contribution is 0.0433. The fourth-order valence-electron chi connectivity index (χ4n) is 5.03. The highest BCUT2D eigenvalue weighted by molar-refractivity contribution is 6.06. The molecule has 8 heteroatoms. The monoisotopic (exact) mass is 471 g/mol. The molecular weight excluding hydrogens is 442 g/mol. The molecule has 2 saturated heterocycles. The topological polar surface area (TPSA) is 76.6 Å². The number of ether oxygens (including phenoxy) is 1. The first-order chi connectivity index (χ1) is 17.2. The van der Waals surface area contributed by atoms with Crippen LogP contribution in [0.5, 0.6) is 0 Å². The Morgan fingerprint density at radius 1 is 1.06 bits per heavy atom. The largest absolute Gasteiger partial charge is 0.467 e. The number of amides is 1. The van der Waals surface area contributed by atoms with Crippen LogP contribution in [0.3, 0.4) is 0 Å². The number of hydrogen-bond donors (Lipinski definition) is 0. The highest BCUT2D eigenvalue weighted by Gasteiger charge is 2.27. The lowest BCUT2D eigenvalue weighted by Crippen LogP contribution is -2.50. The number of hydrogen-bond acceptors (Lipinski definition) is 6. The molecule has 2 aliphatic rings. The van der Waals surface area contributed by atoms with E-state index in [4.69, 9.17) is 14.1 Å². The number of carbonyl (C=O) groups is 1. The molecule has 0 N–H and O–H groups in total. The number of benzene rings is 1. The first-order valence-corrected chi connectivity index (χ1v) is 12.3. The molecule has 4 aromatic rings. The summed E-state index contributed by atoms with van der Waals surface area (Å²) in [6.45, 7) is 5.43. The first-order valence-electron chi connectivity index (χ1n) is 12.3. The van der Waals surface area contributed by atoms with Gasteiger partial charge in [-0.2, -0.15) is 5.10 Å². The Hall–Kier alpha value is -3.49. The Labute approximate surface area is 204 Å². The van der Waals surface area contributed by atoms with Crippen molar-refractivity contribution in [3.05, 3.63) is 72.3 Å². The SMILES string of the molecule is O=C(c1cc(-c2ccccc2)nc2c1cnn2Cc1ccco1)N1CCN(CC2CCCO2)CC1. The van der Waals surface area contributed by atoms with Crippen LogP contribution in [-0.2, 0) is 11.3 Å². The lowest BCUT2D eigenvalue weighted by Gasteiger charge is -2.35. The van der Waals surface area contributed by atoms with Crippen LogP contribution < -0.4 is 0 Å². The number of pyridine rings is 1. The Morgan fingerprint density at radius 2 is 1.91 bits per heavy atom. The van der Waals surface area contributed by atoms with Crippen molar-refractivity contribution in [3.8, 4) is 11.3 Å². The number of nitrogens with zero attached hydrogens (tertiary/aromatic N) is 5. The van der Waals surface area contributed by atoms with Crippen molar-refractivity contribution in [2.45, 2.75) is 25.5 Å². The van der Waals surface area contributed by atoms with Gasteiger partial charge in [0.1, 0.15) is 12.3 Å². The number of rotatable bonds is 6. The molecule has 6 rings (SSSR count). The van der Waals surface area contributed by atoms with Crippen LogP contribution in [-0.4, -0.2) is 75.9 Å². The maximum absolute atomic E-state index is 13.8. The Bertz CT molecular complexity index is 1290. The zero-order valence-corrected chi connectivity index (χ0v) is 19.7. The molecule has 0 spiro atoms. The summed E-state index contributed by atoms with van der Waals surface area (Å²) < 4.78 is 13.1. The van der Waals surface area contributed by atoms with Crippen LogP contribution >= 0.6 is 0 Å². The molecule has 0 radical (unpaired) electrons. The minimum Gasteiger partial charge on any atom is -0.467 e. The minimum atomic E-state index is 0.0314. The van der Waals surface area contributed by atoms with Gasteiger partial charge in [0, 0.05) is 44.9 Å². The second-order valence-corrected chi connectivity index (χ2v) is 9.27. The molecule has 0 aliphatic carbocycles. The first kappa shape index (κ1) is 22.0. The predicted molar refractivity (Wildman–Crippen MR) is 132 cm³/mol. The number of piperazine rings is 1. The molecule has 0 saturated carbocycles. The molecule has 2 fully saturated rings. The smallest absolute Gasteiger partial charge is 0.254 e. The van der Waals surface area contributed by atoms with Gasteiger partial charge in [-0.25, -0.2) is 9.67 Å². The van der Waals surface area contributed by atoms with E-state index in [-0.39, 0.29) is 5.91 Å². The van der Waals surface area contributed by atoms with E-state index in [0.29, 0.717) is 36.9 Å². The second-order valence-electron chi connectivity index (χ2n) is 9.27. The number of aromatic nitrogens is 3. The molecule has 0 bridgehead atoms. The third-order valence-corrected chi connectivity index (χ3v) is 6.94. The summed E-state index contributed by atoms with van der Waals surface area (Å²) in [6, 6.07) is 15.7. The average Bonchev–Trinajstić information content (AvgIpc) is 3.68. The van der Waals surface area contributed by atoms with E-state index < -0.39 is 0 Å². The molecule has 1 unspecified atom stereocenters. The summed E-state index contributed by atoms with van der Waals surface area (Å²) in [7, 11) is 0. The van der Waals surface area contributed by atoms with E-state index in [0.717, 1.165) is 61.5 Å². The van der Waals surface area contributed by atoms with Gasteiger partial charge in [0.25, 0.3) is 5.91 Å². The van der Waals surface area contributed by atoms with Crippen molar-refractivity contribution in [2.24, 2.45) is 0 Å². The van der Waals surface area contributed by atoms with E-state index >= 15 is 0 Å². The Balaban J connectivity index is 1.29. The molecule has 3 aromatic heterocycles. The minimum absolute atomic E-state index is 0.0314. The van der Waals surface area contributed by atoms with Gasteiger partial charge in [-0.1, -0.05) is 30.3 Å². The highest BCUT2D eigenvalue weighted by Crippen LogP contribution is 2.27. The van der Waals surface area contributed by atoms with E-state index in [2.05, 4.69) is 10.00 Å². The third-order valence-electron chi connectivity index (χ3n) is 6.94. The van der Waals surface area contributed by atoms with Crippen molar-refractivity contribution >= 4 is 16.9 Å². The fourth-order valence-corrected chi connectivity index (χ4v) is 5.03. The van der Waals surface area contributed by atoms with Gasteiger partial charge in [-0.05, 0) is 31.0 Å². The van der Waals surface area contributed by atoms with Crippen LogP contribution in [0, 0.1) is 0 Å². The van der Waals surface area contributed by atoms with Gasteiger partial charge >= 0.3 is 0 Å². The van der Waals surface area contributed by atoms with E-state index in [1.165, 1.54) is 0 Å². The van der Waals surface area contributed by atoms with E-state index in [9.17, 15) is 4.79 Å². The number of furan rings is 1. The van der Waals surface area contributed by atoms with Crippen LogP contribution in [0.4, 0.5) is 0 Å². The zero-order valence-electron chi connectivity index (χ0n) is 19.7. The fraction of sp³-hybridized carbons (Fsp3) is 0.370. The molecule has 180 valence electrons. The van der Waals surface area contributed by atoms with Crippen molar-refractivity contribution in [3.63, 3.8) is 0 Å². The van der Waals surface area contributed by atoms with E-state index in [1.807, 2.05) is 53.4 Å². The van der Waals surface area contributed by atoms with Crippen LogP contribution in [0.1, 0.15) is 29.0 Å². The summed E-state index contributed by atoms with van der Waals surface area (Å²) in [4.78, 5) is 23.1. The zero-order chi connectivity index (χ0) is 23.6. The second kappa shape index (κ2) is 9.64. The third kappa shape index (κ3) is 4.59. The van der Waals surface area contributed by atoms with Crippen molar-refractivity contribution in [2.75, 3.05) is 39.3 Å². The van der Waals surface area contributed by atoms with Gasteiger partial charge < -0.3 is 14.1 Å². The maximum atomic E-state index is 13.8. The highest BCUT2D eigenvalue weighted by atomic mass is 16.5. The van der Waals surface area contributed by atoms with Gasteiger partial charge in [-0.3, -0.25) is 9.69 Å². The van der Waals surface area contributed by atoms with Crippen molar-refractivity contribution in [1.29, 1.82) is 0 Å². The summed E-state index contributed by atoms with van der Waals surface area (Å²) in [5, 5.41) is 5.33. The van der Waals surface area contributed by atoms with Crippen LogP contribution in [0.15, 0.2) is 65.4 Å². The standard InChI is InChI=1S/C27H29N5O3/c33-27(31-12-10-30(11-13-31)18-21-8-4-14-34-21)23-16-25(20-6-2-1-3-7-20)29-26-24(23)17-28-32(26)19-22-9-5-15-35-22/h1-3,5-7,9,15-17,21H,4,8,10-14,18-19H2.